The molecule has 2 aromatic carbocycles. The van der Waals surface area contributed by atoms with Gasteiger partial charge in [-0.3, -0.25) is 0 Å². The highest BCUT2D eigenvalue weighted by atomic mass is 16.7. The summed E-state index contributed by atoms with van der Waals surface area (Å²) in [5, 5.41) is 0. The van der Waals surface area contributed by atoms with E-state index in [1.807, 2.05) is 19.1 Å². The molecule has 0 radical (unpaired) electrons. The predicted octanol–water partition coefficient (Wildman–Crippen LogP) is 4.21. The number of carbonyl (C=O) groups is 2. The van der Waals surface area contributed by atoms with Crippen molar-refractivity contribution in [2.24, 2.45) is 0 Å². The Labute approximate surface area is 221 Å². The number of methoxy groups -OCH3 is 3. The second-order valence-electron chi connectivity index (χ2n) is 8.99. The maximum atomic E-state index is 13.1. The molecule has 4 atom stereocenters. The number of hydrogen-bond donors (Lipinski definition) is 0. The molecular formula is C29H32O9. The van der Waals surface area contributed by atoms with E-state index in [0.717, 1.165) is 0 Å². The Morgan fingerprint density at radius 2 is 1.92 bits per heavy atom. The maximum Gasteiger partial charge on any atom is 0.342 e. The van der Waals surface area contributed by atoms with Gasteiger partial charge >= 0.3 is 11.9 Å². The van der Waals surface area contributed by atoms with Gasteiger partial charge in [-0.2, -0.15) is 0 Å². The summed E-state index contributed by atoms with van der Waals surface area (Å²) >= 11 is 0. The summed E-state index contributed by atoms with van der Waals surface area (Å²) in [6.07, 6.45) is 5.80. The lowest BCUT2D eigenvalue weighted by atomic mass is 9.96. The normalized spacial score (nSPS) is 26.5. The van der Waals surface area contributed by atoms with E-state index in [4.69, 9.17) is 33.2 Å². The molecule has 9 heteroatoms. The van der Waals surface area contributed by atoms with Crippen LogP contribution >= 0.6 is 0 Å². The lowest BCUT2D eigenvalue weighted by molar-refractivity contribution is -0.0274. The Hall–Kier alpha value is -3.66. The smallest absolute Gasteiger partial charge is 0.342 e. The summed E-state index contributed by atoms with van der Waals surface area (Å²) in [5.74, 6) is -0.251. The molecule has 38 heavy (non-hydrogen) atoms. The van der Waals surface area contributed by atoms with Crippen LogP contribution in [0.2, 0.25) is 0 Å². The van der Waals surface area contributed by atoms with Gasteiger partial charge in [0.2, 0.25) is 0 Å². The number of benzene rings is 2. The molecule has 0 bridgehead atoms. The Bertz CT molecular complexity index is 1190. The van der Waals surface area contributed by atoms with Crippen LogP contribution in [-0.2, 0) is 23.7 Å². The molecule has 9 nitrogen and oxygen atoms in total. The number of carbonyl (C=O) groups excluding carboxylic acids is 2. The first-order chi connectivity index (χ1) is 18.4. The van der Waals surface area contributed by atoms with Gasteiger partial charge < -0.3 is 33.2 Å². The van der Waals surface area contributed by atoms with E-state index in [0.29, 0.717) is 23.3 Å². The summed E-state index contributed by atoms with van der Waals surface area (Å²) in [5.41, 5.74) is 0.470. The van der Waals surface area contributed by atoms with Gasteiger partial charge in [-0.25, -0.2) is 9.59 Å². The predicted molar refractivity (Wildman–Crippen MR) is 138 cm³/mol. The van der Waals surface area contributed by atoms with Crippen LogP contribution < -0.4 is 9.47 Å². The van der Waals surface area contributed by atoms with Crippen LogP contribution in [0.1, 0.15) is 39.6 Å². The fourth-order valence-electron chi connectivity index (χ4n) is 4.27. The van der Waals surface area contributed by atoms with Crippen LogP contribution in [0.15, 0.2) is 60.7 Å². The highest BCUT2D eigenvalue weighted by molar-refractivity contribution is 5.97. The Balaban J connectivity index is 1.67. The molecule has 0 aliphatic carbocycles. The minimum atomic E-state index is -0.742. The number of hydrogen-bond acceptors (Lipinski definition) is 9. The van der Waals surface area contributed by atoms with Crippen molar-refractivity contribution in [3.63, 3.8) is 0 Å². The van der Waals surface area contributed by atoms with Crippen molar-refractivity contribution in [2.45, 2.75) is 37.3 Å². The molecule has 2 aliphatic heterocycles. The molecule has 2 aromatic rings. The van der Waals surface area contributed by atoms with Gasteiger partial charge in [0.25, 0.3) is 0 Å². The lowest BCUT2D eigenvalue weighted by Crippen LogP contribution is -2.38. The minimum Gasteiger partial charge on any atom is -0.497 e. The van der Waals surface area contributed by atoms with Crippen molar-refractivity contribution < 1.29 is 42.7 Å². The number of rotatable bonds is 7. The van der Waals surface area contributed by atoms with E-state index in [1.54, 1.807) is 61.7 Å². The van der Waals surface area contributed by atoms with Gasteiger partial charge in [0.05, 0.1) is 19.3 Å². The van der Waals surface area contributed by atoms with Crippen molar-refractivity contribution in [2.75, 3.05) is 34.7 Å². The molecule has 1 saturated heterocycles. The molecule has 0 saturated carbocycles. The SMILES string of the molecule is COCOc1cc(OC)cc2c1C(=O)OCC/C=C\C(OC(=O)c1ccccc1)C(OC)[C@H]1OC1(C)/C=C/2. The largest absolute Gasteiger partial charge is 0.497 e. The molecule has 0 aromatic heterocycles. The third kappa shape index (κ3) is 6.24. The molecule has 4 rings (SSSR count). The second-order valence-corrected chi connectivity index (χ2v) is 8.99. The van der Waals surface area contributed by atoms with Crippen LogP contribution in [0.5, 0.6) is 11.5 Å². The van der Waals surface area contributed by atoms with Crippen LogP contribution in [0.3, 0.4) is 0 Å². The standard InChI is InChI=1S/C29H32O9/c1-29-14-13-20-16-21(33-3)17-23(36-18-32-2)24(20)28(31)35-15-9-8-12-22(25(34-4)26(29)38-29)37-27(30)19-10-6-5-7-11-19/h5-8,10-14,16-17,22,25-26H,9,15,18H2,1-4H3/b12-8-,14-13+/t22?,25?,26-,29?/m1/s1. The van der Waals surface area contributed by atoms with Crippen molar-refractivity contribution in [3.8, 4) is 11.5 Å². The average Bonchev–Trinajstić information content (AvgIpc) is 3.60. The second kappa shape index (κ2) is 12.3. The first kappa shape index (κ1) is 27.4. The summed E-state index contributed by atoms with van der Waals surface area (Å²) in [6, 6.07) is 12.1. The van der Waals surface area contributed by atoms with Gasteiger partial charge in [-0.15, -0.1) is 0 Å². The fourth-order valence-corrected chi connectivity index (χ4v) is 4.27. The summed E-state index contributed by atoms with van der Waals surface area (Å²) in [4.78, 5) is 26.0. The first-order valence-electron chi connectivity index (χ1n) is 12.2. The molecule has 2 aliphatic rings. The summed E-state index contributed by atoms with van der Waals surface area (Å²) in [7, 11) is 4.57. The Morgan fingerprint density at radius 1 is 1.13 bits per heavy atom. The summed E-state index contributed by atoms with van der Waals surface area (Å²) < 4.78 is 39.3. The number of cyclic esters (lactones) is 1. The number of ether oxygens (including phenoxy) is 7. The fraction of sp³-hybridized carbons (Fsp3) is 0.379. The highest BCUT2D eigenvalue weighted by Crippen LogP contribution is 2.43. The van der Waals surface area contributed by atoms with E-state index in [-0.39, 0.29) is 24.7 Å². The highest BCUT2D eigenvalue weighted by Gasteiger charge is 2.57. The Morgan fingerprint density at radius 3 is 2.63 bits per heavy atom. The van der Waals surface area contributed by atoms with Gasteiger partial charge in [-0.1, -0.05) is 30.4 Å². The zero-order chi connectivity index (χ0) is 27.1. The van der Waals surface area contributed by atoms with Crippen molar-refractivity contribution in [1.82, 2.24) is 0 Å². The van der Waals surface area contributed by atoms with Gasteiger partial charge in [0.1, 0.15) is 41.0 Å². The Kier molecular flexibility index (Phi) is 8.83. The first-order valence-corrected chi connectivity index (χ1v) is 12.2. The number of esters is 2. The van der Waals surface area contributed by atoms with Gasteiger partial charge in [0.15, 0.2) is 6.79 Å². The molecule has 0 N–H and O–H groups in total. The monoisotopic (exact) mass is 524 g/mol. The van der Waals surface area contributed by atoms with Crippen LogP contribution in [-0.4, -0.2) is 70.6 Å². The molecular weight excluding hydrogens is 492 g/mol. The molecule has 0 amide bonds. The van der Waals surface area contributed by atoms with Gasteiger partial charge in [0, 0.05) is 20.3 Å². The third-order valence-electron chi connectivity index (χ3n) is 6.35. The molecule has 3 unspecified atom stereocenters. The van der Waals surface area contributed by atoms with E-state index in [2.05, 4.69) is 0 Å². The van der Waals surface area contributed by atoms with Crippen molar-refractivity contribution in [1.29, 1.82) is 0 Å². The van der Waals surface area contributed by atoms with Crippen molar-refractivity contribution in [3.05, 3.63) is 77.4 Å². The number of fused-ring (bicyclic) bond motifs is 2. The quantitative estimate of drug-likeness (QED) is 0.228. The van der Waals surface area contributed by atoms with Gasteiger partial charge in [-0.05, 0) is 49.3 Å². The molecule has 1 fully saturated rings. The molecule has 202 valence electrons. The van der Waals surface area contributed by atoms with E-state index in [9.17, 15) is 9.59 Å². The maximum absolute atomic E-state index is 13.1. The third-order valence-corrected chi connectivity index (χ3v) is 6.35. The lowest BCUT2D eigenvalue weighted by Gasteiger charge is -2.23. The number of epoxide rings is 1. The zero-order valence-corrected chi connectivity index (χ0v) is 21.9. The average molecular weight is 525 g/mol. The zero-order valence-electron chi connectivity index (χ0n) is 21.9. The van der Waals surface area contributed by atoms with E-state index in [1.165, 1.54) is 14.2 Å². The van der Waals surface area contributed by atoms with Crippen LogP contribution in [0, 0.1) is 0 Å². The van der Waals surface area contributed by atoms with Crippen LogP contribution in [0.25, 0.3) is 6.08 Å². The minimum absolute atomic E-state index is 0.0547. The van der Waals surface area contributed by atoms with E-state index < -0.39 is 35.9 Å². The summed E-state index contributed by atoms with van der Waals surface area (Å²) in [6.45, 7) is 1.94. The van der Waals surface area contributed by atoms with Crippen LogP contribution in [0.4, 0.5) is 0 Å². The van der Waals surface area contributed by atoms with E-state index >= 15 is 0 Å². The molecule has 0 spiro atoms. The topological polar surface area (TPSA) is 102 Å². The molecule has 2 heterocycles. The van der Waals surface area contributed by atoms with Crippen molar-refractivity contribution >= 4 is 18.0 Å².